The zero-order valence-electron chi connectivity index (χ0n) is 11.0. The van der Waals surface area contributed by atoms with E-state index in [2.05, 4.69) is 22.1 Å². The van der Waals surface area contributed by atoms with E-state index in [0.29, 0.717) is 12.5 Å². The minimum absolute atomic E-state index is 0.509. The van der Waals surface area contributed by atoms with Gasteiger partial charge in [0, 0.05) is 6.54 Å². The third-order valence-corrected chi connectivity index (χ3v) is 3.35. The van der Waals surface area contributed by atoms with Crippen LogP contribution in [-0.4, -0.2) is 24.3 Å². The number of rotatable bonds is 3. The average molecular weight is 256 g/mol. The quantitative estimate of drug-likeness (QED) is 0.772. The van der Waals surface area contributed by atoms with Gasteiger partial charge in [0.25, 0.3) is 0 Å². The van der Waals surface area contributed by atoms with Gasteiger partial charge in [0.2, 0.25) is 5.95 Å². The summed E-state index contributed by atoms with van der Waals surface area (Å²) in [6, 6.07) is 6.08. The Hall–Kier alpha value is -2.37. The van der Waals surface area contributed by atoms with Gasteiger partial charge in [0.1, 0.15) is 6.33 Å². The molecule has 98 valence electrons. The van der Waals surface area contributed by atoms with Crippen molar-refractivity contribution < 1.29 is 0 Å². The number of hydrogen-bond donors (Lipinski definition) is 1. The Morgan fingerprint density at radius 1 is 1.32 bits per heavy atom. The predicted octanol–water partition coefficient (Wildman–Crippen LogP) is 1.59. The molecular weight excluding hydrogens is 240 g/mol. The SMILES string of the molecule is CCn1cnnc1Cn1c(N)nc2c(C)cccc21. The van der Waals surface area contributed by atoms with E-state index in [4.69, 9.17) is 5.73 Å². The Balaban J connectivity index is 2.10. The number of imidazole rings is 1. The van der Waals surface area contributed by atoms with E-state index in [-0.39, 0.29) is 0 Å². The van der Waals surface area contributed by atoms with Crippen LogP contribution < -0.4 is 5.73 Å². The van der Waals surface area contributed by atoms with E-state index in [1.165, 1.54) is 0 Å². The Kier molecular flexibility index (Phi) is 2.70. The number of nitrogen functional groups attached to an aromatic ring is 1. The lowest BCUT2D eigenvalue weighted by Gasteiger charge is -2.07. The third-order valence-electron chi connectivity index (χ3n) is 3.35. The summed E-state index contributed by atoms with van der Waals surface area (Å²) in [5, 5.41) is 8.08. The molecule has 6 nitrogen and oxygen atoms in total. The van der Waals surface area contributed by atoms with Gasteiger partial charge in [-0.25, -0.2) is 4.98 Å². The summed E-state index contributed by atoms with van der Waals surface area (Å²) in [5.41, 5.74) is 9.13. The molecule has 0 fully saturated rings. The zero-order chi connectivity index (χ0) is 13.4. The minimum atomic E-state index is 0.509. The van der Waals surface area contributed by atoms with Crippen LogP contribution in [0.2, 0.25) is 0 Å². The lowest BCUT2D eigenvalue weighted by atomic mass is 10.2. The normalized spacial score (nSPS) is 11.3. The van der Waals surface area contributed by atoms with Gasteiger partial charge in [-0.2, -0.15) is 0 Å². The van der Waals surface area contributed by atoms with E-state index >= 15 is 0 Å². The molecule has 2 aromatic heterocycles. The van der Waals surface area contributed by atoms with Crippen LogP contribution in [0.15, 0.2) is 24.5 Å². The molecule has 19 heavy (non-hydrogen) atoms. The van der Waals surface area contributed by atoms with Crippen molar-refractivity contribution in [1.29, 1.82) is 0 Å². The number of fused-ring (bicyclic) bond motifs is 1. The number of anilines is 1. The van der Waals surface area contributed by atoms with Gasteiger partial charge in [-0.1, -0.05) is 12.1 Å². The summed E-state index contributed by atoms with van der Waals surface area (Å²) in [5.74, 6) is 1.39. The minimum Gasteiger partial charge on any atom is -0.369 e. The highest BCUT2D eigenvalue weighted by molar-refractivity contribution is 5.81. The summed E-state index contributed by atoms with van der Waals surface area (Å²) in [7, 11) is 0. The molecule has 0 aliphatic heterocycles. The maximum Gasteiger partial charge on any atom is 0.201 e. The maximum absolute atomic E-state index is 6.02. The van der Waals surface area contributed by atoms with Crippen molar-refractivity contribution in [2.24, 2.45) is 0 Å². The highest BCUT2D eigenvalue weighted by Crippen LogP contribution is 2.21. The fourth-order valence-corrected chi connectivity index (χ4v) is 2.28. The molecule has 1 aromatic carbocycles. The van der Waals surface area contributed by atoms with E-state index in [0.717, 1.165) is 29.0 Å². The number of para-hydroxylation sites is 1. The molecule has 0 aliphatic rings. The third kappa shape index (κ3) is 1.85. The molecule has 0 atom stereocenters. The molecular formula is C13H16N6. The van der Waals surface area contributed by atoms with Gasteiger partial charge in [-0.05, 0) is 25.5 Å². The van der Waals surface area contributed by atoms with Gasteiger partial charge in [0.15, 0.2) is 5.82 Å². The number of nitrogens with zero attached hydrogens (tertiary/aromatic N) is 5. The summed E-state index contributed by atoms with van der Waals surface area (Å²) < 4.78 is 3.97. The van der Waals surface area contributed by atoms with Gasteiger partial charge >= 0.3 is 0 Å². The summed E-state index contributed by atoms with van der Waals surface area (Å²) >= 11 is 0. The summed E-state index contributed by atoms with van der Waals surface area (Å²) in [6.07, 6.45) is 1.73. The number of nitrogens with two attached hydrogens (primary N) is 1. The number of aryl methyl sites for hydroxylation is 2. The van der Waals surface area contributed by atoms with Crippen LogP contribution in [0.1, 0.15) is 18.3 Å². The first-order valence-corrected chi connectivity index (χ1v) is 6.28. The van der Waals surface area contributed by atoms with Crippen LogP contribution in [0.4, 0.5) is 5.95 Å². The van der Waals surface area contributed by atoms with Crippen LogP contribution >= 0.6 is 0 Å². The second kappa shape index (κ2) is 4.38. The number of benzene rings is 1. The van der Waals surface area contributed by atoms with Crippen LogP contribution in [-0.2, 0) is 13.1 Å². The zero-order valence-corrected chi connectivity index (χ0v) is 11.0. The molecule has 0 bridgehead atoms. The average Bonchev–Trinajstić information content (AvgIpc) is 2.97. The Labute approximate surface area is 110 Å². The van der Waals surface area contributed by atoms with Crippen molar-refractivity contribution >= 4 is 17.0 Å². The monoisotopic (exact) mass is 256 g/mol. The van der Waals surface area contributed by atoms with Crippen molar-refractivity contribution in [3.8, 4) is 0 Å². The largest absolute Gasteiger partial charge is 0.369 e. The van der Waals surface area contributed by atoms with Crippen LogP contribution in [0.25, 0.3) is 11.0 Å². The van der Waals surface area contributed by atoms with E-state index in [1.807, 2.05) is 34.3 Å². The fourth-order valence-electron chi connectivity index (χ4n) is 2.28. The molecule has 3 rings (SSSR count). The van der Waals surface area contributed by atoms with Crippen molar-refractivity contribution in [2.45, 2.75) is 26.9 Å². The molecule has 0 saturated carbocycles. The van der Waals surface area contributed by atoms with Gasteiger partial charge < -0.3 is 14.9 Å². The molecule has 0 unspecified atom stereocenters. The maximum atomic E-state index is 6.02. The van der Waals surface area contributed by atoms with E-state index in [1.54, 1.807) is 6.33 Å². The second-order valence-electron chi connectivity index (χ2n) is 4.53. The van der Waals surface area contributed by atoms with E-state index < -0.39 is 0 Å². The summed E-state index contributed by atoms with van der Waals surface area (Å²) in [4.78, 5) is 4.43. The second-order valence-corrected chi connectivity index (χ2v) is 4.53. The Morgan fingerprint density at radius 3 is 2.95 bits per heavy atom. The van der Waals surface area contributed by atoms with Crippen molar-refractivity contribution in [3.05, 3.63) is 35.9 Å². The van der Waals surface area contributed by atoms with Crippen LogP contribution in [0.5, 0.6) is 0 Å². The Bertz CT molecular complexity index is 724. The lowest BCUT2D eigenvalue weighted by Crippen LogP contribution is -2.10. The molecule has 0 saturated heterocycles. The first kappa shape index (κ1) is 11.7. The lowest BCUT2D eigenvalue weighted by molar-refractivity contribution is 0.663. The standard InChI is InChI=1S/C13H16N6/c1-3-18-8-15-17-11(18)7-19-10-6-4-5-9(2)12(10)16-13(19)14/h4-6,8H,3,7H2,1-2H3,(H2,14,16). The fraction of sp³-hybridized carbons (Fsp3) is 0.308. The molecule has 2 N–H and O–H groups in total. The number of hydrogen-bond acceptors (Lipinski definition) is 4. The van der Waals surface area contributed by atoms with E-state index in [9.17, 15) is 0 Å². The van der Waals surface area contributed by atoms with Crippen molar-refractivity contribution in [2.75, 3.05) is 5.73 Å². The molecule has 0 aliphatic carbocycles. The predicted molar refractivity (Wildman–Crippen MR) is 73.7 cm³/mol. The molecule has 0 spiro atoms. The summed E-state index contributed by atoms with van der Waals surface area (Å²) in [6.45, 7) is 5.52. The smallest absolute Gasteiger partial charge is 0.201 e. The topological polar surface area (TPSA) is 74.5 Å². The van der Waals surface area contributed by atoms with Gasteiger partial charge in [-0.15, -0.1) is 10.2 Å². The first-order valence-electron chi connectivity index (χ1n) is 6.28. The highest BCUT2D eigenvalue weighted by atomic mass is 15.3. The van der Waals surface area contributed by atoms with Crippen molar-refractivity contribution in [3.63, 3.8) is 0 Å². The molecule has 6 heteroatoms. The van der Waals surface area contributed by atoms with Crippen molar-refractivity contribution in [1.82, 2.24) is 24.3 Å². The van der Waals surface area contributed by atoms with Crippen LogP contribution in [0, 0.1) is 6.92 Å². The number of aromatic nitrogens is 5. The van der Waals surface area contributed by atoms with Gasteiger partial charge in [0.05, 0.1) is 17.6 Å². The highest BCUT2D eigenvalue weighted by Gasteiger charge is 2.12. The molecule has 0 radical (unpaired) electrons. The molecule has 0 amide bonds. The Morgan fingerprint density at radius 2 is 2.16 bits per heavy atom. The molecule has 3 aromatic rings. The molecule has 2 heterocycles. The van der Waals surface area contributed by atoms with Crippen LogP contribution in [0.3, 0.4) is 0 Å². The van der Waals surface area contributed by atoms with Gasteiger partial charge in [-0.3, -0.25) is 0 Å². The first-order chi connectivity index (χ1) is 9.20.